The minimum atomic E-state index is -2.15. The number of methoxy groups -OCH3 is 1. The van der Waals surface area contributed by atoms with E-state index in [1.165, 1.54) is 7.11 Å². The number of nitrogens with zero attached hydrogens (tertiary/aromatic N) is 2. The summed E-state index contributed by atoms with van der Waals surface area (Å²) in [6, 6.07) is 21.0. The Bertz CT molecular complexity index is 1480. The first-order valence-electron chi connectivity index (χ1n) is 12.5. The maximum absolute atomic E-state index is 12.7. The number of carbonyl (C=O) groups is 3. The third-order valence-electron chi connectivity index (χ3n) is 5.91. The van der Waals surface area contributed by atoms with Gasteiger partial charge in [0, 0.05) is 25.8 Å². The van der Waals surface area contributed by atoms with Gasteiger partial charge in [-0.3, -0.25) is 14.4 Å². The molecular formula is C28H29N5O7S. The zero-order valence-corrected chi connectivity index (χ0v) is 22.9. The lowest BCUT2D eigenvalue weighted by Gasteiger charge is -2.21. The van der Waals surface area contributed by atoms with Gasteiger partial charge in [-0.15, -0.1) is 0 Å². The number of para-hydroxylation sites is 3. The number of benzene rings is 3. The van der Waals surface area contributed by atoms with Gasteiger partial charge in [0.15, 0.2) is 0 Å². The van der Waals surface area contributed by atoms with Crippen molar-refractivity contribution in [1.82, 2.24) is 24.9 Å². The number of aromatic amines is 1. The first-order valence-corrected chi connectivity index (χ1v) is 13.6. The first-order chi connectivity index (χ1) is 19.8. The summed E-state index contributed by atoms with van der Waals surface area (Å²) >= 11 is -2.15. The summed E-state index contributed by atoms with van der Waals surface area (Å²) < 4.78 is 24.7. The molecule has 1 heterocycles. The van der Waals surface area contributed by atoms with Crippen LogP contribution in [0.1, 0.15) is 21.7 Å². The number of carboxylic acids is 1. The molecule has 0 saturated carbocycles. The number of imidazole rings is 1. The number of ether oxygens (including phenoxy) is 1. The second-order valence-electron chi connectivity index (χ2n) is 8.93. The SMILES string of the molecule is COCC(=O)N(Cc1ccc(C(=O)NCC(NS(=O)Oc2ccccc2)C(=O)O)cc1)Cc1nc2ccccc2[nH]1. The van der Waals surface area contributed by atoms with Crippen LogP contribution in [0.15, 0.2) is 78.9 Å². The number of carboxylic acid groups (broad SMARTS) is 1. The van der Waals surface area contributed by atoms with Crippen molar-refractivity contribution < 1.29 is 32.6 Å². The van der Waals surface area contributed by atoms with E-state index in [9.17, 15) is 23.7 Å². The predicted molar refractivity (Wildman–Crippen MR) is 151 cm³/mol. The predicted octanol–water partition coefficient (Wildman–Crippen LogP) is 2.17. The fraction of sp³-hybridized carbons (Fsp3) is 0.214. The fourth-order valence-electron chi connectivity index (χ4n) is 3.87. The smallest absolute Gasteiger partial charge is 0.323 e. The van der Waals surface area contributed by atoms with Crippen LogP contribution in [0.3, 0.4) is 0 Å². The highest BCUT2D eigenvalue weighted by molar-refractivity contribution is 7.78. The van der Waals surface area contributed by atoms with E-state index in [1.54, 1.807) is 59.5 Å². The molecule has 2 atom stereocenters. The topological polar surface area (TPSA) is 163 Å². The molecule has 0 fully saturated rings. The number of hydrogen-bond acceptors (Lipinski definition) is 7. The number of aromatic nitrogens is 2. The Morgan fingerprint density at radius 1 is 1.00 bits per heavy atom. The van der Waals surface area contributed by atoms with Crippen LogP contribution in [-0.4, -0.2) is 68.3 Å². The third kappa shape index (κ3) is 8.45. The zero-order valence-electron chi connectivity index (χ0n) is 22.1. The summed E-state index contributed by atoms with van der Waals surface area (Å²) in [6.07, 6.45) is 0. The molecule has 0 radical (unpaired) electrons. The van der Waals surface area contributed by atoms with Crippen LogP contribution in [0.4, 0.5) is 0 Å². The molecule has 0 aliphatic carbocycles. The number of aliphatic carboxylic acids is 1. The van der Waals surface area contributed by atoms with Crippen molar-refractivity contribution in [2.45, 2.75) is 19.1 Å². The number of hydrogen-bond donors (Lipinski definition) is 4. The number of carbonyl (C=O) groups excluding carboxylic acids is 2. The highest BCUT2D eigenvalue weighted by Gasteiger charge is 2.22. The maximum atomic E-state index is 12.7. The van der Waals surface area contributed by atoms with Gasteiger partial charge in [-0.1, -0.05) is 42.5 Å². The number of rotatable bonds is 14. The van der Waals surface area contributed by atoms with Crippen molar-refractivity contribution >= 4 is 40.1 Å². The Hall–Kier alpha value is -4.59. The summed E-state index contributed by atoms with van der Waals surface area (Å²) in [5.41, 5.74) is 2.71. The van der Waals surface area contributed by atoms with Crippen LogP contribution in [0.5, 0.6) is 5.75 Å². The van der Waals surface area contributed by atoms with Gasteiger partial charge < -0.3 is 29.2 Å². The van der Waals surface area contributed by atoms with Crippen molar-refractivity contribution in [3.63, 3.8) is 0 Å². The van der Waals surface area contributed by atoms with E-state index in [0.717, 1.165) is 16.6 Å². The van der Waals surface area contributed by atoms with Gasteiger partial charge >= 0.3 is 5.97 Å². The van der Waals surface area contributed by atoms with Crippen molar-refractivity contribution in [2.24, 2.45) is 0 Å². The van der Waals surface area contributed by atoms with Crippen LogP contribution in [-0.2, 0) is 38.7 Å². The standard InChI is InChI=1S/C28H29N5O7S/c1-39-18-26(34)33(17-25-30-22-9-5-6-10-23(22)31-25)16-19-11-13-20(14-12-19)27(35)29-15-24(28(36)37)32-41(38)40-21-7-3-2-4-8-21/h2-14,24,32H,15-18H2,1H3,(H,29,35)(H,30,31)(H,36,37). The molecule has 13 heteroatoms. The minimum absolute atomic E-state index is 0.0966. The number of fused-ring (bicyclic) bond motifs is 1. The normalized spacial score (nSPS) is 12.4. The number of H-pyrrole nitrogens is 1. The summed E-state index contributed by atoms with van der Waals surface area (Å²) in [5, 5.41) is 12.0. The molecule has 0 bridgehead atoms. The van der Waals surface area contributed by atoms with Gasteiger partial charge in [0.1, 0.15) is 24.2 Å². The van der Waals surface area contributed by atoms with Gasteiger partial charge in [0.25, 0.3) is 17.2 Å². The van der Waals surface area contributed by atoms with Gasteiger partial charge in [-0.25, -0.2) is 4.98 Å². The molecule has 0 spiro atoms. The molecule has 0 saturated heterocycles. The van der Waals surface area contributed by atoms with E-state index < -0.39 is 29.2 Å². The summed E-state index contributed by atoms with van der Waals surface area (Å²) in [4.78, 5) is 46.4. The molecular weight excluding hydrogens is 550 g/mol. The molecule has 41 heavy (non-hydrogen) atoms. The average molecular weight is 580 g/mol. The van der Waals surface area contributed by atoms with E-state index in [4.69, 9.17) is 8.92 Å². The van der Waals surface area contributed by atoms with E-state index >= 15 is 0 Å². The molecule has 0 aliphatic heterocycles. The highest BCUT2D eigenvalue weighted by atomic mass is 32.2. The second kappa shape index (κ2) is 14.2. The van der Waals surface area contributed by atoms with Crippen LogP contribution >= 0.6 is 0 Å². The summed E-state index contributed by atoms with van der Waals surface area (Å²) in [5.74, 6) is -1.13. The molecule has 12 nitrogen and oxygen atoms in total. The molecule has 214 valence electrons. The molecule has 4 N–H and O–H groups in total. The number of nitrogens with one attached hydrogen (secondary N) is 3. The lowest BCUT2D eigenvalue weighted by atomic mass is 10.1. The molecule has 4 rings (SSSR count). The molecule has 2 amide bonds. The Balaban J connectivity index is 1.34. The Morgan fingerprint density at radius 2 is 1.71 bits per heavy atom. The largest absolute Gasteiger partial charge is 0.480 e. The number of amides is 2. The van der Waals surface area contributed by atoms with Gasteiger partial charge in [0.2, 0.25) is 5.91 Å². The quantitative estimate of drug-likeness (QED) is 0.177. The van der Waals surface area contributed by atoms with Crippen LogP contribution in [0.2, 0.25) is 0 Å². The Morgan fingerprint density at radius 3 is 2.39 bits per heavy atom. The van der Waals surface area contributed by atoms with Crippen LogP contribution in [0.25, 0.3) is 11.0 Å². The Labute approximate surface area is 238 Å². The summed E-state index contributed by atoms with van der Waals surface area (Å²) in [7, 11) is 1.45. The molecule has 1 aromatic heterocycles. The molecule has 2 unspecified atom stereocenters. The van der Waals surface area contributed by atoms with E-state index in [1.807, 2.05) is 24.3 Å². The molecule has 0 aliphatic rings. The van der Waals surface area contributed by atoms with Gasteiger partial charge in [0.05, 0.1) is 17.6 Å². The maximum Gasteiger partial charge on any atom is 0.323 e. The fourth-order valence-corrected chi connectivity index (χ4v) is 4.62. The minimum Gasteiger partial charge on any atom is -0.480 e. The molecule has 4 aromatic rings. The van der Waals surface area contributed by atoms with Gasteiger partial charge in [-0.05, 0) is 42.0 Å². The first kappa shape index (κ1) is 29.4. The lowest BCUT2D eigenvalue weighted by molar-refractivity contribution is -0.139. The van der Waals surface area contributed by atoms with Crippen molar-refractivity contribution in [3.05, 3.63) is 95.8 Å². The van der Waals surface area contributed by atoms with Crippen LogP contribution in [0, 0.1) is 0 Å². The zero-order chi connectivity index (χ0) is 29.2. The van der Waals surface area contributed by atoms with E-state index in [-0.39, 0.29) is 37.7 Å². The van der Waals surface area contributed by atoms with Gasteiger partial charge in [-0.2, -0.15) is 8.93 Å². The molecule has 3 aromatic carbocycles. The lowest BCUT2D eigenvalue weighted by Crippen LogP contribution is -2.47. The van der Waals surface area contributed by atoms with Crippen molar-refractivity contribution in [2.75, 3.05) is 20.3 Å². The highest BCUT2D eigenvalue weighted by Crippen LogP contribution is 2.15. The summed E-state index contributed by atoms with van der Waals surface area (Å²) in [6.45, 7) is 0.0503. The van der Waals surface area contributed by atoms with Crippen molar-refractivity contribution in [3.8, 4) is 5.75 Å². The third-order valence-corrected chi connectivity index (χ3v) is 6.73. The van der Waals surface area contributed by atoms with Crippen LogP contribution < -0.4 is 14.2 Å². The monoisotopic (exact) mass is 579 g/mol. The second-order valence-corrected chi connectivity index (χ2v) is 9.80. The van der Waals surface area contributed by atoms with E-state index in [2.05, 4.69) is 20.0 Å². The average Bonchev–Trinajstić information content (AvgIpc) is 3.38. The Kier molecular flexibility index (Phi) is 10.2. The van der Waals surface area contributed by atoms with Crippen molar-refractivity contribution in [1.29, 1.82) is 0 Å². The van der Waals surface area contributed by atoms with E-state index in [0.29, 0.717) is 11.6 Å².